The summed E-state index contributed by atoms with van der Waals surface area (Å²) in [6, 6.07) is 4.81. The van der Waals surface area contributed by atoms with Crippen molar-refractivity contribution >= 4 is 11.0 Å². The van der Waals surface area contributed by atoms with Gasteiger partial charge in [0.1, 0.15) is 11.3 Å². The average molecular weight is 273 g/mol. The number of aryl methyl sites for hydroxylation is 2. The van der Waals surface area contributed by atoms with Gasteiger partial charge in [0.15, 0.2) is 0 Å². The number of hydrogen-bond acceptors (Lipinski definition) is 2. The lowest BCUT2D eigenvalue weighted by Crippen LogP contribution is -2.17. The highest BCUT2D eigenvalue weighted by molar-refractivity contribution is 5.86. The molecule has 2 rings (SSSR count). The predicted octanol–water partition coefficient (Wildman–Crippen LogP) is 5.02. The summed E-state index contributed by atoms with van der Waals surface area (Å²) in [4.78, 5) is 0. The Morgan fingerprint density at radius 1 is 1.20 bits per heavy atom. The molecule has 1 atom stereocenters. The summed E-state index contributed by atoms with van der Waals surface area (Å²) in [5.41, 5.74) is 5.06. The first-order chi connectivity index (χ1) is 9.25. The summed E-state index contributed by atoms with van der Waals surface area (Å²) < 4.78 is 6.15. The largest absolute Gasteiger partial charge is 0.459 e. The van der Waals surface area contributed by atoms with Gasteiger partial charge in [0, 0.05) is 5.39 Å². The smallest absolute Gasteiger partial charge is 0.137 e. The third kappa shape index (κ3) is 2.62. The molecule has 0 aliphatic heterocycles. The van der Waals surface area contributed by atoms with Crippen molar-refractivity contribution in [1.82, 2.24) is 5.32 Å². The summed E-state index contributed by atoms with van der Waals surface area (Å²) >= 11 is 0. The SMILES string of the molecule is CCNC(C)c1oc2c(C)cc(C(C)(C)C)cc2c1C. The zero-order valence-electron chi connectivity index (χ0n) is 13.8. The lowest BCUT2D eigenvalue weighted by atomic mass is 9.85. The molecule has 0 spiro atoms. The van der Waals surface area contributed by atoms with Crippen molar-refractivity contribution < 1.29 is 4.42 Å². The zero-order valence-corrected chi connectivity index (χ0v) is 13.8. The quantitative estimate of drug-likeness (QED) is 0.849. The van der Waals surface area contributed by atoms with Gasteiger partial charge in [0.2, 0.25) is 0 Å². The highest BCUT2D eigenvalue weighted by atomic mass is 16.3. The van der Waals surface area contributed by atoms with Crippen molar-refractivity contribution in [2.75, 3.05) is 6.54 Å². The van der Waals surface area contributed by atoms with Crippen molar-refractivity contribution in [3.8, 4) is 0 Å². The molecule has 1 unspecified atom stereocenters. The Kier molecular flexibility index (Phi) is 3.97. The van der Waals surface area contributed by atoms with Crippen molar-refractivity contribution in [2.24, 2.45) is 0 Å². The van der Waals surface area contributed by atoms with Gasteiger partial charge in [-0.3, -0.25) is 0 Å². The molecule has 0 saturated carbocycles. The van der Waals surface area contributed by atoms with E-state index in [0.717, 1.165) is 17.9 Å². The first-order valence-electron chi connectivity index (χ1n) is 7.53. The molecule has 0 aliphatic rings. The first-order valence-corrected chi connectivity index (χ1v) is 7.53. The molecule has 0 aliphatic carbocycles. The van der Waals surface area contributed by atoms with Gasteiger partial charge in [-0.05, 0) is 55.5 Å². The Hall–Kier alpha value is -1.28. The lowest BCUT2D eigenvalue weighted by Gasteiger charge is -2.19. The molecule has 0 bridgehead atoms. The maximum atomic E-state index is 6.15. The van der Waals surface area contributed by atoms with E-state index in [1.165, 1.54) is 22.1 Å². The third-order valence-electron chi connectivity index (χ3n) is 4.03. The standard InChI is InChI=1S/C18H27NO/c1-8-19-13(4)17-12(3)15-10-14(18(5,6)7)9-11(2)16(15)20-17/h9-10,13,19H,8H2,1-7H3. The Morgan fingerprint density at radius 3 is 2.40 bits per heavy atom. The Labute approximate surface area is 122 Å². The second kappa shape index (κ2) is 5.25. The first kappa shape index (κ1) is 15.1. The van der Waals surface area contributed by atoms with Crippen molar-refractivity contribution in [1.29, 1.82) is 0 Å². The van der Waals surface area contributed by atoms with E-state index < -0.39 is 0 Å². The molecule has 0 amide bonds. The molecule has 0 fully saturated rings. The zero-order chi connectivity index (χ0) is 15.1. The van der Waals surface area contributed by atoms with Crippen LogP contribution in [0.3, 0.4) is 0 Å². The van der Waals surface area contributed by atoms with E-state index >= 15 is 0 Å². The molecule has 2 heteroatoms. The number of benzene rings is 1. The Balaban J connectivity index is 2.63. The number of fused-ring (bicyclic) bond motifs is 1. The number of hydrogen-bond donors (Lipinski definition) is 1. The van der Waals surface area contributed by atoms with Crippen molar-refractivity contribution in [3.63, 3.8) is 0 Å². The Bertz CT molecular complexity index is 616. The summed E-state index contributed by atoms with van der Waals surface area (Å²) in [5.74, 6) is 1.07. The van der Waals surface area contributed by atoms with Gasteiger partial charge in [-0.1, -0.05) is 33.8 Å². The monoisotopic (exact) mass is 273 g/mol. The van der Waals surface area contributed by atoms with Crippen LogP contribution in [-0.4, -0.2) is 6.54 Å². The summed E-state index contributed by atoms with van der Waals surface area (Å²) in [6.07, 6.45) is 0. The van der Waals surface area contributed by atoms with Crippen LogP contribution in [0.1, 0.15) is 63.1 Å². The van der Waals surface area contributed by atoms with Gasteiger partial charge in [-0.25, -0.2) is 0 Å². The van der Waals surface area contributed by atoms with Crippen LogP contribution in [-0.2, 0) is 5.41 Å². The minimum absolute atomic E-state index is 0.163. The van der Waals surface area contributed by atoms with E-state index in [9.17, 15) is 0 Å². The van der Waals surface area contributed by atoms with Gasteiger partial charge in [0.25, 0.3) is 0 Å². The fourth-order valence-electron chi connectivity index (χ4n) is 2.75. The maximum absolute atomic E-state index is 6.15. The van der Waals surface area contributed by atoms with Gasteiger partial charge in [-0.15, -0.1) is 0 Å². The van der Waals surface area contributed by atoms with E-state index in [0.29, 0.717) is 0 Å². The van der Waals surface area contributed by atoms with E-state index in [1.807, 2.05) is 0 Å². The van der Waals surface area contributed by atoms with Crippen LogP contribution in [0.5, 0.6) is 0 Å². The minimum Gasteiger partial charge on any atom is -0.459 e. The normalized spacial score (nSPS) is 13.9. The van der Waals surface area contributed by atoms with Crippen molar-refractivity contribution in [2.45, 2.75) is 59.9 Å². The molecule has 1 heterocycles. The van der Waals surface area contributed by atoms with Gasteiger partial charge in [0.05, 0.1) is 6.04 Å². The topological polar surface area (TPSA) is 25.2 Å². The van der Waals surface area contributed by atoms with Crippen LogP contribution in [0.4, 0.5) is 0 Å². The van der Waals surface area contributed by atoms with Crippen LogP contribution in [0.25, 0.3) is 11.0 Å². The molecule has 1 aromatic carbocycles. The molecule has 1 N–H and O–H groups in total. The highest BCUT2D eigenvalue weighted by Crippen LogP contribution is 2.35. The second-order valence-electron chi connectivity index (χ2n) is 6.79. The van der Waals surface area contributed by atoms with Crippen molar-refractivity contribution in [3.05, 3.63) is 34.6 Å². The molecule has 2 aromatic rings. The van der Waals surface area contributed by atoms with Crippen LogP contribution >= 0.6 is 0 Å². The third-order valence-corrected chi connectivity index (χ3v) is 4.03. The number of furan rings is 1. The lowest BCUT2D eigenvalue weighted by molar-refractivity contribution is 0.455. The van der Waals surface area contributed by atoms with Crippen LogP contribution in [0.15, 0.2) is 16.5 Å². The fourth-order valence-corrected chi connectivity index (χ4v) is 2.75. The van der Waals surface area contributed by atoms with Gasteiger partial charge in [-0.2, -0.15) is 0 Å². The fraction of sp³-hybridized carbons (Fsp3) is 0.556. The number of rotatable bonds is 3. The predicted molar refractivity (Wildman–Crippen MR) is 86.5 cm³/mol. The van der Waals surface area contributed by atoms with E-state index in [-0.39, 0.29) is 11.5 Å². The molecule has 2 nitrogen and oxygen atoms in total. The molecule has 20 heavy (non-hydrogen) atoms. The molecular formula is C18H27NO. The van der Waals surface area contributed by atoms with Crippen LogP contribution < -0.4 is 5.32 Å². The molecule has 1 aromatic heterocycles. The average Bonchev–Trinajstić information content (AvgIpc) is 2.67. The maximum Gasteiger partial charge on any atom is 0.137 e. The minimum atomic E-state index is 0.163. The summed E-state index contributed by atoms with van der Waals surface area (Å²) in [6.45, 7) is 16.3. The second-order valence-corrected chi connectivity index (χ2v) is 6.79. The van der Waals surface area contributed by atoms with Crippen LogP contribution in [0, 0.1) is 13.8 Å². The summed E-state index contributed by atoms with van der Waals surface area (Å²) in [7, 11) is 0. The van der Waals surface area contributed by atoms with Crippen LogP contribution in [0.2, 0.25) is 0 Å². The Morgan fingerprint density at radius 2 is 1.85 bits per heavy atom. The molecule has 0 radical (unpaired) electrons. The van der Waals surface area contributed by atoms with E-state index in [4.69, 9.17) is 4.42 Å². The van der Waals surface area contributed by atoms with E-state index in [2.05, 4.69) is 65.9 Å². The van der Waals surface area contributed by atoms with Gasteiger partial charge >= 0.3 is 0 Å². The van der Waals surface area contributed by atoms with E-state index in [1.54, 1.807) is 0 Å². The molecule has 0 saturated heterocycles. The molecule has 110 valence electrons. The summed E-state index contributed by atoms with van der Waals surface area (Å²) in [5, 5.41) is 4.69. The highest BCUT2D eigenvalue weighted by Gasteiger charge is 2.21. The van der Waals surface area contributed by atoms with Gasteiger partial charge < -0.3 is 9.73 Å². The molecular weight excluding hydrogens is 246 g/mol. The number of nitrogens with one attached hydrogen (secondary N) is 1.